The maximum absolute atomic E-state index is 12.9. The number of aromatic nitrogens is 2. The fraction of sp³-hybridized carbons (Fsp3) is 0.150. The number of nitrogens with one attached hydrogen (secondary N) is 1. The Bertz CT molecular complexity index is 1190. The zero-order valence-electron chi connectivity index (χ0n) is 15.4. The van der Waals surface area contributed by atoms with Gasteiger partial charge in [0.05, 0.1) is 29.6 Å². The lowest BCUT2D eigenvalue weighted by Gasteiger charge is -2.10. The molecule has 3 heterocycles. The lowest BCUT2D eigenvalue weighted by Crippen LogP contribution is -2.12. The van der Waals surface area contributed by atoms with Gasteiger partial charge >= 0.3 is 0 Å². The van der Waals surface area contributed by atoms with Gasteiger partial charge in [0.15, 0.2) is 11.6 Å². The van der Waals surface area contributed by atoms with Gasteiger partial charge in [-0.25, -0.2) is 9.97 Å². The summed E-state index contributed by atoms with van der Waals surface area (Å²) in [6.45, 7) is 3.80. The van der Waals surface area contributed by atoms with Gasteiger partial charge in [-0.2, -0.15) is 0 Å². The van der Waals surface area contributed by atoms with Crippen LogP contribution in [-0.4, -0.2) is 23.0 Å². The Kier molecular flexibility index (Phi) is 4.78. The molecule has 142 valence electrons. The van der Waals surface area contributed by atoms with E-state index >= 15 is 0 Å². The highest BCUT2D eigenvalue weighted by Crippen LogP contribution is 2.34. The fourth-order valence-electron chi connectivity index (χ4n) is 3.03. The van der Waals surface area contributed by atoms with Crippen LogP contribution in [0.5, 0.6) is 5.75 Å². The molecule has 8 heteroatoms. The molecule has 0 radical (unpaired) electrons. The van der Waals surface area contributed by atoms with Gasteiger partial charge in [0, 0.05) is 10.4 Å². The van der Waals surface area contributed by atoms with E-state index in [0.29, 0.717) is 32.9 Å². The van der Waals surface area contributed by atoms with Crippen LogP contribution >= 0.6 is 22.9 Å². The SMILES string of the molecule is COc1ccc(Cl)cc1NC(=O)c1sc2nc(-c3ccco3)nc(C)c2c1C. The predicted molar refractivity (Wildman–Crippen MR) is 111 cm³/mol. The van der Waals surface area contributed by atoms with Crippen molar-refractivity contribution in [1.82, 2.24) is 9.97 Å². The number of hydrogen-bond acceptors (Lipinski definition) is 6. The Balaban J connectivity index is 1.75. The van der Waals surface area contributed by atoms with Crippen molar-refractivity contribution in [2.24, 2.45) is 0 Å². The summed E-state index contributed by atoms with van der Waals surface area (Å²) in [6.07, 6.45) is 1.58. The molecule has 0 atom stereocenters. The summed E-state index contributed by atoms with van der Waals surface area (Å²) in [7, 11) is 1.54. The number of carbonyl (C=O) groups excluding carboxylic acids is 1. The highest BCUT2D eigenvalue weighted by atomic mass is 35.5. The van der Waals surface area contributed by atoms with Crippen molar-refractivity contribution < 1.29 is 13.9 Å². The Morgan fingerprint density at radius 2 is 2.07 bits per heavy atom. The minimum atomic E-state index is -0.250. The summed E-state index contributed by atoms with van der Waals surface area (Å²) < 4.78 is 10.7. The number of furan rings is 1. The van der Waals surface area contributed by atoms with E-state index in [0.717, 1.165) is 21.5 Å². The first-order valence-electron chi connectivity index (χ1n) is 8.44. The Hall–Kier alpha value is -2.90. The average molecular weight is 414 g/mol. The minimum Gasteiger partial charge on any atom is -0.495 e. The molecule has 1 aromatic carbocycles. The van der Waals surface area contributed by atoms with Crippen LogP contribution in [0.25, 0.3) is 21.8 Å². The number of halogens is 1. The van der Waals surface area contributed by atoms with Gasteiger partial charge in [-0.1, -0.05) is 11.6 Å². The molecule has 0 saturated carbocycles. The van der Waals surface area contributed by atoms with Crippen molar-refractivity contribution in [3.8, 4) is 17.3 Å². The van der Waals surface area contributed by atoms with Gasteiger partial charge in [-0.3, -0.25) is 4.79 Å². The molecule has 3 aromatic heterocycles. The van der Waals surface area contributed by atoms with E-state index in [9.17, 15) is 4.79 Å². The summed E-state index contributed by atoms with van der Waals surface area (Å²) >= 11 is 7.37. The van der Waals surface area contributed by atoms with Crippen LogP contribution in [0.15, 0.2) is 41.0 Å². The normalized spacial score (nSPS) is 11.0. The van der Waals surface area contributed by atoms with Gasteiger partial charge in [0.2, 0.25) is 0 Å². The van der Waals surface area contributed by atoms with Crippen LogP contribution < -0.4 is 10.1 Å². The van der Waals surface area contributed by atoms with Crippen LogP contribution in [0, 0.1) is 13.8 Å². The molecule has 0 aliphatic heterocycles. The molecule has 4 rings (SSSR count). The van der Waals surface area contributed by atoms with E-state index in [-0.39, 0.29) is 5.91 Å². The van der Waals surface area contributed by atoms with Crippen molar-refractivity contribution in [3.63, 3.8) is 0 Å². The summed E-state index contributed by atoms with van der Waals surface area (Å²) in [5.74, 6) is 1.37. The molecule has 6 nitrogen and oxygen atoms in total. The van der Waals surface area contributed by atoms with Crippen LogP contribution in [0.1, 0.15) is 20.9 Å². The quantitative estimate of drug-likeness (QED) is 0.479. The molecule has 0 bridgehead atoms. The first kappa shape index (κ1) is 18.5. The van der Waals surface area contributed by atoms with Gasteiger partial charge in [0.25, 0.3) is 5.91 Å². The third kappa shape index (κ3) is 3.23. The molecule has 1 amide bonds. The van der Waals surface area contributed by atoms with Gasteiger partial charge in [0.1, 0.15) is 10.6 Å². The first-order valence-corrected chi connectivity index (χ1v) is 9.64. The number of fused-ring (bicyclic) bond motifs is 1. The smallest absolute Gasteiger partial charge is 0.266 e. The third-order valence-corrected chi connectivity index (χ3v) is 5.75. The van der Waals surface area contributed by atoms with E-state index in [1.807, 2.05) is 13.8 Å². The minimum absolute atomic E-state index is 0.250. The zero-order chi connectivity index (χ0) is 19.8. The third-order valence-electron chi connectivity index (χ3n) is 4.33. The monoisotopic (exact) mass is 413 g/mol. The fourth-order valence-corrected chi connectivity index (χ4v) is 4.33. The molecule has 0 aliphatic carbocycles. The molecular formula is C20H16ClN3O3S. The average Bonchev–Trinajstić information content (AvgIpc) is 3.30. The number of aryl methyl sites for hydroxylation is 2. The number of thiophene rings is 1. The highest BCUT2D eigenvalue weighted by molar-refractivity contribution is 7.20. The molecule has 0 unspecified atom stereocenters. The van der Waals surface area contributed by atoms with Crippen LogP contribution in [0.3, 0.4) is 0 Å². The van der Waals surface area contributed by atoms with E-state index in [1.165, 1.54) is 11.3 Å². The molecule has 0 aliphatic rings. The molecular weight excluding hydrogens is 398 g/mol. The number of amides is 1. The number of benzene rings is 1. The maximum Gasteiger partial charge on any atom is 0.266 e. The van der Waals surface area contributed by atoms with E-state index in [1.54, 1.807) is 43.7 Å². The van der Waals surface area contributed by atoms with Crippen molar-refractivity contribution in [2.45, 2.75) is 13.8 Å². The summed E-state index contributed by atoms with van der Waals surface area (Å²) in [5, 5.41) is 4.26. The second-order valence-electron chi connectivity index (χ2n) is 6.14. The number of nitrogens with zero attached hydrogens (tertiary/aromatic N) is 2. The van der Waals surface area contributed by atoms with Gasteiger partial charge in [-0.15, -0.1) is 11.3 Å². The Morgan fingerprint density at radius 3 is 2.79 bits per heavy atom. The van der Waals surface area contributed by atoms with Crippen molar-refractivity contribution in [2.75, 3.05) is 12.4 Å². The summed E-state index contributed by atoms with van der Waals surface area (Å²) in [5.41, 5.74) is 2.14. The Morgan fingerprint density at radius 1 is 1.25 bits per heavy atom. The lowest BCUT2D eigenvalue weighted by molar-refractivity contribution is 0.102. The van der Waals surface area contributed by atoms with Crippen LogP contribution in [0.2, 0.25) is 5.02 Å². The van der Waals surface area contributed by atoms with Crippen molar-refractivity contribution in [1.29, 1.82) is 0 Å². The lowest BCUT2D eigenvalue weighted by atomic mass is 10.1. The number of hydrogen-bond donors (Lipinski definition) is 1. The number of rotatable bonds is 4. The molecule has 4 aromatic rings. The molecule has 0 spiro atoms. The number of methoxy groups -OCH3 is 1. The molecule has 0 saturated heterocycles. The molecule has 1 N–H and O–H groups in total. The number of anilines is 1. The van der Waals surface area contributed by atoms with Crippen LogP contribution in [-0.2, 0) is 0 Å². The number of ether oxygens (including phenoxy) is 1. The van der Waals surface area contributed by atoms with E-state index in [2.05, 4.69) is 15.3 Å². The Labute approximate surface area is 170 Å². The topological polar surface area (TPSA) is 77.2 Å². The van der Waals surface area contributed by atoms with E-state index < -0.39 is 0 Å². The largest absolute Gasteiger partial charge is 0.495 e. The van der Waals surface area contributed by atoms with Gasteiger partial charge in [-0.05, 0) is 49.7 Å². The van der Waals surface area contributed by atoms with Crippen molar-refractivity contribution >= 4 is 44.7 Å². The first-order chi connectivity index (χ1) is 13.5. The maximum atomic E-state index is 12.9. The second-order valence-corrected chi connectivity index (χ2v) is 7.58. The summed E-state index contributed by atoms with van der Waals surface area (Å²) in [6, 6.07) is 8.66. The standard InChI is InChI=1S/C20H16ClN3O3S/c1-10-16-11(2)22-18(15-5-4-8-27-15)24-20(16)28-17(10)19(25)23-13-9-12(21)6-7-14(13)26-3/h4-9H,1-3H3,(H,23,25). The van der Waals surface area contributed by atoms with Gasteiger partial charge < -0.3 is 14.5 Å². The van der Waals surface area contributed by atoms with E-state index in [4.69, 9.17) is 20.8 Å². The number of carbonyl (C=O) groups is 1. The predicted octanol–water partition coefficient (Wildman–Crippen LogP) is 5.48. The van der Waals surface area contributed by atoms with Crippen LogP contribution in [0.4, 0.5) is 5.69 Å². The van der Waals surface area contributed by atoms with Crippen molar-refractivity contribution in [3.05, 3.63) is 57.8 Å². The molecule has 0 fully saturated rings. The second kappa shape index (κ2) is 7.26. The molecule has 28 heavy (non-hydrogen) atoms. The highest BCUT2D eigenvalue weighted by Gasteiger charge is 2.21. The summed E-state index contributed by atoms with van der Waals surface area (Å²) in [4.78, 5) is 23.4. The zero-order valence-corrected chi connectivity index (χ0v) is 16.9.